The number of aromatic nitrogens is 1. The molecule has 0 saturated heterocycles. The van der Waals surface area contributed by atoms with Gasteiger partial charge in [0, 0.05) is 31.8 Å². The van der Waals surface area contributed by atoms with Gasteiger partial charge in [0.15, 0.2) is 0 Å². The highest BCUT2D eigenvalue weighted by atomic mass is 32.1. The first-order valence-corrected chi connectivity index (χ1v) is 5.24. The Bertz CT molecular complexity index is 394. The maximum Gasteiger partial charge on any atom is 0.221 e. The third-order valence-electron chi connectivity index (χ3n) is 1.98. The highest BCUT2D eigenvalue weighted by Crippen LogP contribution is 2.06. The Kier molecular flexibility index (Phi) is 4.65. The number of rotatable bonds is 5. The molecule has 0 bridgehead atoms. The number of nitrogens with zero attached hydrogens (tertiary/aromatic N) is 1. The number of hydrogen-bond acceptors (Lipinski definition) is 4. The number of hydrogen-bond donors (Lipinski definition) is 3. The molecule has 0 radical (unpaired) electrons. The zero-order valence-corrected chi connectivity index (χ0v) is 9.80. The molecule has 0 fully saturated rings. The molecular formula is C10H14N4OS. The molecule has 0 aromatic carbocycles. The summed E-state index contributed by atoms with van der Waals surface area (Å²) in [5.74, 6) is 0.646. The predicted octanol–water partition coefficient (Wildman–Crippen LogP) is 0.264. The van der Waals surface area contributed by atoms with Gasteiger partial charge in [0.1, 0.15) is 10.8 Å². The summed E-state index contributed by atoms with van der Waals surface area (Å²) in [7, 11) is 1.61. The highest BCUT2D eigenvalue weighted by molar-refractivity contribution is 7.80. The van der Waals surface area contributed by atoms with Crippen LogP contribution in [0.1, 0.15) is 12.0 Å². The zero-order valence-electron chi connectivity index (χ0n) is 8.99. The topological polar surface area (TPSA) is 80.0 Å². The first-order valence-electron chi connectivity index (χ1n) is 4.84. The lowest BCUT2D eigenvalue weighted by atomic mass is 10.2. The third kappa shape index (κ3) is 3.82. The van der Waals surface area contributed by atoms with Crippen molar-refractivity contribution in [1.29, 1.82) is 0 Å². The van der Waals surface area contributed by atoms with E-state index in [1.165, 1.54) is 0 Å². The van der Waals surface area contributed by atoms with Crippen LogP contribution in [0.3, 0.4) is 0 Å². The average Bonchev–Trinajstić information content (AvgIpc) is 2.29. The molecule has 86 valence electrons. The lowest BCUT2D eigenvalue weighted by Gasteiger charge is -2.06. The van der Waals surface area contributed by atoms with Gasteiger partial charge in [0.25, 0.3) is 0 Å². The molecule has 0 saturated carbocycles. The number of anilines is 1. The van der Waals surface area contributed by atoms with Crippen LogP contribution in [-0.4, -0.2) is 29.5 Å². The second kappa shape index (κ2) is 6.02. The van der Waals surface area contributed by atoms with E-state index in [1.54, 1.807) is 25.4 Å². The van der Waals surface area contributed by atoms with Crippen LogP contribution in [0.2, 0.25) is 0 Å². The molecule has 6 heteroatoms. The van der Waals surface area contributed by atoms with Crippen LogP contribution >= 0.6 is 12.2 Å². The van der Waals surface area contributed by atoms with Crippen molar-refractivity contribution >= 4 is 28.9 Å². The molecule has 0 aliphatic heterocycles. The monoisotopic (exact) mass is 238 g/mol. The fraction of sp³-hybridized carbons (Fsp3) is 0.300. The molecule has 0 spiro atoms. The van der Waals surface area contributed by atoms with Crippen molar-refractivity contribution in [3.63, 3.8) is 0 Å². The van der Waals surface area contributed by atoms with Crippen LogP contribution in [0.15, 0.2) is 18.3 Å². The van der Waals surface area contributed by atoms with Gasteiger partial charge in [-0.05, 0) is 12.1 Å². The van der Waals surface area contributed by atoms with E-state index >= 15 is 0 Å². The molecular weight excluding hydrogens is 224 g/mol. The van der Waals surface area contributed by atoms with Crippen molar-refractivity contribution in [1.82, 2.24) is 10.3 Å². The standard InChI is InChI=1S/C10H14N4OS/c1-12-9(15)3-5-14-8-6-7(10(11)16)2-4-13-8/h2,4,6H,3,5H2,1H3,(H2,11,16)(H,12,15)(H,13,14). The molecule has 5 nitrogen and oxygen atoms in total. The molecule has 1 aromatic heterocycles. The maximum absolute atomic E-state index is 11.0. The van der Waals surface area contributed by atoms with Crippen LogP contribution < -0.4 is 16.4 Å². The van der Waals surface area contributed by atoms with Crippen LogP contribution in [0.5, 0.6) is 0 Å². The molecule has 1 aromatic rings. The number of thiocarbonyl (C=S) groups is 1. The van der Waals surface area contributed by atoms with Gasteiger partial charge in [0.05, 0.1) is 0 Å². The molecule has 0 aliphatic rings. The van der Waals surface area contributed by atoms with Gasteiger partial charge in [-0.2, -0.15) is 0 Å². The van der Waals surface area contributed by atoms with E-state index in [9.17, 15) is 4.79 Å². The molecule has 4 N–H and O–H groups in total. The summed E-state index contributed by atoms with van der Waals surface area (Å²) in [6.45, 7) is 0.521. The van der Waals surface area contributed by atoms with Crippen molar-refractivity contribution in [3.8, 4) is 0 Å². The van der Waals surface area contributed by atoms with Crippen LogP contribution in [0, 0.1) is 0 Å². The molecule has 0 unspecified atom stereocenters. The van der Waals surface area contributed by atoms with Crippen LogP contribution in [-0.2, 0) is 4.79 Å². The van der Waals surface area contributed by atoms with Crippen molar-refractivity contribution in [2.45, 2.75) is 6.42 Å². The van der Waals surface area contributed by atoms with Gasteiger partial charge in [-0.1, -0.05) is 12.2 Å². The molecule has 1 amide bonds. The zero-order chi connectivity index (χ0) is 12.0. The SMILES string of the molecule is CNC(=O)CCNc1cc(C(N)=S)ccn1. The van der Waals surface area contributed by atoms with E-state index in [0.29, 0.717) is 23.8 Å². The number of carbonyl (C=O) groups excluding carboxylic acids is 1. The first-order chi connectivity index (χ1) is 7.63. The fourth-order valence-corrected chi connectivity index (χ4v) is 1.24. The van der Waals surface area contributed by atoms with Crippen LogP contribution in [0.25, 0.3) is 0 Å². The average molecular weight is 238 g/mol. The van der Waals surface area contributed by atoms with E-state index in [4.69, 9.17) is 18.0 Å². The summed E-state index contributed by atoms with van der Waals surface area (Å²) in [5.41, 5.74) is 6.25. The lowest BCUT2D eigenvalue weighted by molar-refractivity contribution is -0.120. The molecule has 0 atom stereocenters. The molecule has 16 heavy (non-hydrogen) atoms. The second-order valence-electron chi connectivity index (χ2n) is 3.14. The Balaban J connectivity index is 2.51. The van der Waals surface area contributed by atoms with E-state index in [0.717, 1.165) is 5.56 Å². The lowest BCUT2D eigenvalue weighted by Crippen LogP contribution is -2.21. The highest BCUT2D eigenvalue weighted by Gasteiger charge is 2.00. The van der Waals surface area contributed by atoms with Gasteiger partial charge < -0.3 is 16.4 Å². The number of nitrogens with one attached hydrogen (secondary N) is 2. The van der Waals surface area contributed by atoms with E-state index in [1.807, 2.05) is 0 Å². The van der Waals surface area contributed by atoms with Gasteiger partial charge in [0.2, 0.25) is 5.91 Å². The summed E-state index contributed by atoms with van der Waals surface area (Å²) >= 11 is 4.85. The third-order valence-corrected chi connectivity index (χ3v) is 2.22. The Morgan fingerprint density at radius 1 is 1.62 bits per heavy atom. The van der Waals surface area contributed by atoms with Crippen molar-refractivity contribution in [2.24, 2.45) is 5.73 Å². The minimum absolute atomic E-state index is 0.0157. The van der Waals surface area contributed by atoms with E-state index in [-0.39, 0.29) is 5.91 Å². The molecule has 1 rings (SSSR count). The van der Waals surface area contributed by atoms with E-state index in [2.05, 4.69) is 15.6 Å². The van der Waals surface area contributed by atoms with Crippen molar-refractivity contribution in [3.05, 3.63) is 23.9 Å². The maximum atomic E-state index is 11.0. The summed E-state index contributed by atoms with van der Waals surface area (Å²) in [6.07, 6.45) is 2.02. The number of amides is 1. The Morgan fingerprint density at radius 3 is 3.00 bits per heavy atom. The van der Waals surface area contributed by atoms with Gasteiger partial charge in [-0.15, -0.1) is 0 Å². The Labute approximate surface area is 99.4 Å². The summed E-state index contributed by atoms with van der Waals surface area (Å²) in [4.78, 5) is 15.4. The fourth-order valence-electron chi connectivity index (χ4n) is 1.11. The quantitative estimate of drug-likeness (QED) is 0.641. The van der Waals surface area contributed by atoms with Crippen molar-refractivity contribution in [2.75, 3.05) is 18.9 Å². The summed E-state index contributed by atoms with van der Waals surface area (Å²) < 4.78 is 0. The largest absolute Gasteiger partial charge is 0.389 e. The number of carbonyl (C=O) groups is 1. The Morgan fingerprint density at radius 2 is 2.38 bits per heavy atom. The van der Waals surface area contributed by atoms with Gasteiger partial charge in [-0.3, -0.25) is 4.79 Å². The summed E-state index contributed by atoms with van der Waals surface area (Å²) in [5, 5.41) is 5.56. The first kappa shape index (κ1) is 12.4. The molecule has 1 heterocycles. The molecule has 0 aliphatic carbocycles. The van der Waals surface area contributed by atoms with Gasteiger partial charge in [-0.25, -0.2) is 4.98 Å². The second-order valence-corrected chi connectivity index (χ2v) is 3.58. The number of nitrogens with two attached hydrogens (primary N) is 1. The summed E-state index contributed by atoms with van der Waals surface area (Å²) in [6, 6.07) is 3.50. The normalized spacial score (nSPS) is 9.56. The van der Waals surface area contributed by atoms with Crippen LogP contribution in [0.4, 0.5) is 5.82 Å². The van der Waals surface area contributed by atoms with Gasteiger partial charge >= 0.3 is 0 Å². The van der Waals surface area contributed by atoms with E-state index < -0.39 is 0 Å². The van der Waals surface area contributed by atoms with Crippen molar-refractivity contribution < 1.29 is 4.79 Å². The predicted molar refractivity (Wildman–Crippen MR) is 67.3 cm³/mol. The Hall–Kier alpha value is -1.69. The smallest absolute Gasteiger partial charge is 0.221 e. The minimum atomic E-state index is -0.0157. The number of pyridine rings is 1. The minimum Gasteiger partial charge on any atom is -0.389 e.